The van der Waals surface area contributed by atoms with Gasteiger partial charge in [0, 0.05) is 0 Å². The molecule has 0 aromatic rings. The van der Waals surface area contributed by atoms with Crippen LogP contribution in [0.4, 0.5) is 0 Å². The fraction of sp³-hybridized carbons (Fsp3) is 0.935. The smallest absolute Gasteiger partial charge is 0.0619 e. The number of hydrogen-bond acceptors (Lipinski definition) is 1. The lowest BCUT2D eigenvalue weighted by Crippen LogP contribution is -2.51. The van der Waals surface area contributed by atoms with Gasteiger partial charge >= 0.3 is 0 Å². The van der Waals surface area contributed by atoms with Crippen LogP contribution in [0, 0.1) is 46.3 Å². The van der Waals surface area contributed by atoms with Crippen molar-refractivity contribution in [3.05, 3.63) is 11.6 Å². The van der Waals surface area contributed by atoms with E-state index in [0.717, 1.165) is 35.5 Å². The van der Waals surface area contributed by atoms with Crippen molar-refractivity contribution in [1.82, 2.24) is 0 Å². The van der Waals surface area contributed by atoms with Crippen LogP contribution < -0.4 is 0 Å². The van der Waals surface area contributed by atoms with E-state index in [-0.39, 0.29) is 5.60 Å². The van der Waals surface area contributed by atoms with E-state index in [1.165, 1.54) is 70.6 Å². The average Bonchev–Trinajstić information content (AvgIpc) is 3.04. The molecule has 0 aromatic carbocycles. The molecule has 0 amide bonds. The van der Waals surface area contributed by atoms with Gasteiger partial charge in [0.25, 0.3) is 0 Å². The highest BCUT2D eigenvalue weighted by Crippen LogP contribution is 2.67. The Kier molecular flexibility index (Phi) is 7.02. The van der Waals surface area contributed by atoms with Crippen LogP contribution >= 0.6 is 0 Å². The summed E-state index contributed by atoms with van der Waals surface area (Å²) in [5.41, 5.74) is 2.79. The van der Waals surface area contributed by atoms with Crippen molar-refractivity contribution in [1.29, 1.82) is 0 Å². The largest absolute Gasteiger partial charge is 0.372 e. The molecule has 0 aliphatic heterocycles. The Labute approximate surface area is 200 Å². The van der Waals surface area contributed by atoms with Crippen molar-refractivity contribution < 1.29 is 4.74 Å². The van der Waals surface area contributed by atoms with Crippen molar-refractivity contribution in [3.63, 3.8) is 0 Å². The summed E-state index contributed by atoms with van der Waals surface area (Å²) in [5.74, 6) is 5.57. The number of hydrogen-bond donors (Lipinski definition) is 0. The first kappa shape index (κ1) is 24.8. The molecule has 4 aliphatic carbocycles. The van der Waals surface area contributed by atoms with Crippen LogP contribution in [0.15, 0.2) is 11.6 Å². The van der Waals surface area contributed by atoms with E-state index in [1.54, 1.807) is 5.57 Å². The van der Waals surface area contributed by atoms with Gasteiger partial charge < -0.3 is 4.74 Å². The predicted octanol–water partition coefficient (Wildman–Crippen LogP) is 9.21. The highest BCUT2D eigenvalue weighted by molar-refractivity contribution is 5.25. The molecule has 8 atom stereocenters. The average molecular weight is 443 g/mol. The van der Waals surface area contributed by atoms with Crippen molar-refractivity contribution in [2.75, 3.05) is 0 Å². The third-order valence-corrected chi connectivity index (χ3v) is 10.8. The first-order valence-electron chi connectivity index (χ1n) is 14.3. The van der Waals surface area contributed by atoms with Crippen LogP contribution in [0.2, 0.25) is 0 Å². The quantitative estimate of drug-likeness (QED) is 0.372. The van der Waals surface area contributed by atoms with Gasteiger partial charge in [0.15, 0.2) is 0 Å². The van der Waals surface area contributed by atoms with Crippen LogP contribution in [0.3, 0.4) is 0 Å². The molecule has 0 radical (unpaired) electrons. The van der Waals surface area contributed by atoms with Gasteiger partial charge in [0.05, 0.1) is 11.7 Å². The molecule has 32 heavy (non-hydrogen) atoms. The standard InChI is InChI=1S/C31H54O/c1-21(2)10-9-11-22(3)26-14-15-27-25-13-12-23-20-24(32-29(4,5)6)16-18-30(23,7)28(25)17-19-31(26,27)8/h12,21-22,24-28H,9-11,13-20H2,1-8H3/t22?,24-,25?,26-,27?,28?,30+,31-/m1/s1. The topological polar surface area (TPSA) is 9.23 Å². The molecule has 0 saturated heterocycles. The summed E-state index contributed by atoms with van der Waals surface area (Å²) in [7, 11) is 0. The maximum Gasteiger partial charge on any atom is 0.0619 e. The Balaban J connectivity index is 1.46. The van der Waals surface area contributed by atoms with Crippen molar-refractivity contribution >= 4 is 0 Å². The van der Waals surface area contributed by atoms with E-state index in [9.17, 15) is 0 Å². The lowest BCUT2D eigenvalue weighted by Gasteiger charge is -2.58. The van der Waals surface area contributed by atoms with E-state index in [2.05, 4.69) is 61.5 Å². The Morgan fingerprint density at radius 2 is 1.72 bits per heavy atom. The molecule has 3 fully saturated rings. The molecule has 4 rings (SSSR count). The number of rotatable bonds is 6. The van der Waals surface area contributed by atoms with E-state index in [1.807, 2.05) is 0 Å². The Bertz CT molecular complexity index is 683. The minimum absolute atomic E-state index is 0.0203. The lowest BCUT2D eigenvalue weighted by atomic mass is 9.47. The van der Waals surface area contributed by atoms with Crippen LogP contribution in [-0.4, -0.2) is 11.7 Å². The van der Waals surface area contributed by atoms with Gasteiger partial charge in [-0.15, -0.1) is 0 Å². The molecule has 0 N–H and O–H groups in total. The fourth-order valence-electron chi connectivity index (χ4n) is 9.25. The molecule has 0 heterocycles. The summed E-state index contributed by atoms with van der Waals surface area (Å²) in [6.07, 6.45) is 18.6. The molecule has 0 bridgehead atoms. The van der Waals surface area contributed by atoms with Gasteiger partial charge in [-0.05, 0) is 118 Å². The third kappa shape index (κ3) is 4.63. The molecule has 3 saturated carbocycles. The van der Waals surface area contributed by atoms with Gasteiger partial charge in [0.1, 0.15) is 0 Å². The minimum atomic E-state index is -0.0203. The van der Waals surface area contributed by atoms with Crippen LogP contribution in [0.25, 0.3) is 0 Å². The minimum Gasteiger partial charge on any atom is -0.372 e. The molecule has 184 valence electrons. The van der Waals surface area contributed by atoms with Crippen LogP contribution in [-0.2, 0) is 4.74 Å². The summed E-state index contributed by atoms with van der Waals surface area (Å²) in [6, 6.07) is 0. The fourth-order valence-corrected chi connectivity index (χ4v) is 9.25. The van der Waals surface area contributed by atoms with Crippen molar-refractivity contribution in [3.8, 4) is 0 Å². The van der Waals surface area contributed by atoms with Gasteiger partial charge in [0.2, 0.25) is 0 Å². The summed E-state index contributed by atoms with van der Waals surface area (Å²) < 4.78 is 6.44. The molecule has 4 unspecified atom stereocenters. The summed E-state index contributed by atoms with van der Waals surface area (Å²) in [5, 5.41) is 0. The zero-order valence-electron chi connectivity index (χ0n) is 22.8. The maximum absolute atomic E-state index is 6.44. The van der Waals surface area contributed by atoms with E-state index in [0.29, 0.717) is 16.9 Å². The van der Waals surface area contributed by atoms with Gasteiger partial charge in [-0.3, -0.25) is 0 Å². The Hall–Kier alpha value is -0.300. The molecule has 0 aromatic heterocycles. The summed E-state index contributed by atoms with van der Waals surface area (Å²) in [4.78, 5) is 0. The van der Waals surface area contributed by atoms with Gasteiger partial charge in [-0.1, -0.05) is 65.5 Å². The molecule has 1 heteroatoms. The number of fused-ring (bicyclic) bond motifs is 5. The van der Waals surface area contributed by atoms with E-state index < -0.39 is 0 Å². The van der Waals surface area contributed by atoms with Gasteiger partial charge in [-0.2, -0.15) is 0 Å². The highest BCUT2D eigenvalue weighted by atomic mass is 16.5. The zero-order chi connectivity index (χ0) is 23.3. The van der Waals surface area contributed by atoms with Crippen LogP contribution in [0.1, 0.15) is 126 Å². The number of ether oxygens (including phenoxy) is 1. The molecule has 1 nitrogen and oxygen atoms in total. The predicted molar refractivity (Wildman–Crippen MR) is 138 cm³/mol. The first-order valence-corrected chi connectivity index (χ1v) is 14.3. The maximum atomic E-state index is 6.44. The second kappa shape index (κ2) is 9.05. The number of allylic oxidation sites excluding steroid dienone is 1. The summed E-state index contributed by atoms with van der Waals surface area (Å²) >= 11 is 0. The normalized spacial score (nSPS) is 42.8. The zero-order valence-corrected chi connectivity index (χ0v) is 22.8. The van der Waals surface area contributed by atoms with Crippen molar-refractivity contribution in [2.24, 2.45) is 46.3 Å². The molecular formula is C31H54O. The first-order chi connectivity index (χ1) is 14.9. The highest BCUT2D eigenvalue weighted by Gasteiger charge is 2.59. The molecule has 0 spiro atoms. The monoisotopic (exact) mass is 442 g/mol. The lowest BCUT2D eigenvalue weighted by molar-refractivity contribution is -0.0955. The molecule has 4 aliphatic rings. The van der Waals surface area contributed by atoms with Crippen LogP contribution in [0.5, 0.6) is 0 Å². The SMILES string of the molecule is CC(C)CCCC(C)[C@H]1CCC2C3CC=C4C[C@H](OC(C)(C)C)CC[C@]4(C)C3CC[C@@]21C. The summed E-state index contributed by atoms with van der Waals surface area (Å²) in [6.45, 7) is 19.4. The Morgan fingerprint density at radius 1 is 0.969 bits per heavy atom. The van der Waals surface area contributed by atoms with E-state index in [4.69, 9.17) is 4.74 Å². The third-order valence-electron chi connectivity index (χ3n) is 10.8. The van der Waals surface area contributed by atoms with Crippen molar-refractivity contribution in [2.45, 2.75) is 138 Å². The molecular weight excluding hydrogens is 388 g/mol. The second-order valence-corrected chi connectivity index (χ2v) is 14.4. The van der Waals surface area contributed by atoms with E-state index >= 15 is 0 Å². The van der Waals surface area contributed by atoms with Gasteiger partial charge in [-0.25, -0.2) is 0 Å². The Morgan fingerprint density at radius 3 is 2.41 bits per heavy atom. The second-order valence-electron chi connectivity index (χ2n) is 14.4.